The fourth-order valence-electron chi connectivity index (χ4n) is 6.50. The molecule has 2 fully saturated rings. The van der Waals surface area contributed by atoms with Crippen molar-refractivity contribution in [3.8, 4) is 11.3 Å². The van der Waals surface area contributed by atoms with Crippen LogP contribution in [0.1, 0.15) is 43.4 Å². The van der Waals surface area contributed by atoms with E-state index in [2.05, 4.69) is 49.5 Å². The van der Waals surface area contributed by atoms with Gasteiger partial charge in [0, 0.05) is 78.1 Å². The van der Waals surface area contributed by atoms with Crippen molar-refractivity contribution in [3.05, 3.63) is 88.5 Å². The molecule has 232 valence electrons. The molecule has 0 aliphatic carbocycles. The Kier molecular flexibility index (Phi) is 7.99. The number of aromatic nitrogens is 5. The molecule has 1 aromatic carbocycles. The number of benzene rings is 1. The Bertz CT molecular complexity index is 1880. The van der Waals surface area contributed by atoms with Gasteiger partial charge in [0.2, 0.25) is 5.95 Å². The third-order valence-electron chi connectivity index (χ3n) is 8.81. The number of anilines is 3. The molecular weight excluding hydrogens is 573 g/mol. The first-order valence-electron chi connectivity index (χ1n) is 15.4. The summed E-state index contributed by atoms with van der Waals surface area (Å²) < 4.78 is 22.6. The van der Waals surface area contributed by atoms with Gasteiger partial charge in [0.05, 0.1) is 18.4 Å². The monoisotopic (exact) mass is 609 g/mol. The summed E-state index contributed by atoms with van der Waals surface area (Å²) in [4.78, 5) is 32.0. The number of piperidine rings is 1. The number of likely N-dealkylation sites (tertiary alicyclic amines) is 1. The smallest absolute Gasteiger partial charge is 0.257 e. The third kappa shape index (κ3) is 5.90. The zero-order chi connectivity index (χ0) is 30.9. The highest BCUT2D eigenvalue weighted by molar-refractivity contribution is 5.77. The van der Waals surface area contributed by atoms with E-state index in [1.54, 1.807) is 35.4 Å². The van der Waals surface area contributed by atoms with Crippen LogP contribution in [0.3, 0.4) is 0 Å². The lowest BCUT2D eigenvalue weighted by Crippen LogP contribution is -2.49. The van der Waals surface area contributed by atoms with Gasteiger partial charge in [0.25, 0.3) is 5.56 Å². The molecule has 0 bridgehead atoms. The van der Waals surface area contributed by atoms with Crippen LogP contribution in [0.5, 0.6) is 0 Å². The summed E-state index contributed by atoms with van der Waals surface area (Å²) >= 11 is 0. The maximum Gasteiger partial charge on any atom is 0.257 e. The lowest BCUT2D eigenvalue weighted by atomic mass is 9.96. The second-order valence-electron chi connectivity index (χ2n) is 12.0. The van der Waals surface area contributed by atoms with Crippen LogP contribution in [0, 0.1) is 5.82 Å². The maximum atomic E-state index is 15.3. The molecular formula is C33H36FN9O2. The minimum atomic E-state index is -0.316. The number of rotatable bonds is 7. The van der Waals surface area contributed by atoms with Gasteiger partial charge in [-0.05, 0) is 69.8 Å². The first-order valence-corrected chi connectivity index (χ1v) is 15.4. The summed E-state index contributed by atoms with van der Waals surface area (Å²) in [5, 5.41) is 11.3. The number of hydrogen-bond donors (Lipinski definition) is 2. The van der Waals surface area contributed by atoms with E-state index >= 15 is 4.39 Å². The number of piperazine rings is 1. The number of nitrogens with one attached hydrogen (secondary N) is 2. The van der Waals surface area contributed by atoms with Crippen LogP contribution in [0.25, 0.3) is 22.4 Å². The van der Waals surface area contributed by atoms with Crippen LogP contribution in [0.4, 0.5) is 21.7 Å². The largest absolute Gasteiger partial charge is 0.366 e. The van der Waals surface area contributed by atoms with Crippen molar-refractivity contribution in [2.24, 2.45) is 0 Å². The second kappa shape index (κ2) is 12.4. The highest BCUT2D eigenvalue weighted by Crippen LogP contribution is 2.31. The van der Waals surface area contributed by atoms with Gasteiger partial charge in [0.15, 0.2) is 5.76 Å². The minimum absolute atomic E-state index is 0.00186. The molecule has 0 radical (unpaired) electrons. The summed E-state index contributed by atoms with van der Waals surface area (Å²) in [5.41, 5.74) is 3.72. The molecule has 4 aromatic heterocycles. The van der Waals surface area contributed by atoms with E-state index in [-0.39, 0.29) is 36.0 Å². The zero-order valence-corrected chi connectivity index (χ0v) is 25.4. The second-order valence-corrected chi connectivity index (χ2v) is 12.0. The Morgan fingerprint density at radius 3 is 2.78 bits per heavy atom. The molecule has 0 spiro atoms. The fourth-order valence-corrected chi connectivity index (χ4v) is 6.50. The quantitative estimate of drug-likeness (QED) is 0.268. The molecule has 2 unspecified atom stereocenters. The van der Waals surface area contributed by atoms with E-state index < -0.39 is 0 Å². The molecule has 2 aliphatic rings. The molecule has 2 N–H and O–H groups in total. The number of nitrogens with zero attached hydrogens (tertiary/aromatic N) is 7. The predicted octanol–water partition coefficient (Wildman–Crippen LogP) is 4.73. The standard InChI is InChI=1S/C33H36FN9O2/c1-21-19-42(14-12-36-21)29-7-6-25(16-27(29)34)39-33-37-17-23-15-26(28-5-3-4-13-41(28)2)32(44)43(31(23)40-33)20-24-18-38-45-30(24)22-8-10-35-11-9-22/h6-11,15-18,21,28,36H,3-5,12-14,19-20H2,1-2H3,(H,37,39,40). The lowest BCUT2D eigenvalue weighted by Gasteiger charge is -2.33. The molecule has 0 amide bonds. The average Bonchev–Trinajstić information content (AvgIpc) is 3.52. The molecule has 2 aliphatic heterocycles. The van der Waals surface area contributed by atoms with E-state index in [0.717, 1.165) is 67.5 Å². The van der Waals surface area contributed by atoms with Crippen molar-refractivity contribution in [3.63, 3.8) is 0 Å². The minimum Gasteiger partial charge on any atom is -0.366 e. The Hall–Kier alpha value is -4.68. The highest BCUT2D eigenvalue weighted by atomic mass is 19.1. The predicted molar refractivity (Wildman–Crippen MR) is 171 cm³/mol. The van der Waals surface area contributed by atoms with Crippen molar-refractivity contribution < 1.29 is 8.91 Å². The lowest BCUT2D eigenvalue weighted by molar-refractivity contribution is 0.186. The molecule has 2 saturated heterocycles. The molecule has 12 heteroatoms. The number of halogens is 1. The van der Waals surface area contributed by atoms with Crippen molar-refractivity contribution >= 4 is 28.4 Å². The van der Waals surface area contributed by atoms with Gasteiger partial charge in [-0.15, -0.1) is 0 Å². The topological polar surface area (TPSA) is 117 Å². The molecule has 7 rings (SSSR count). The van der Waals surface area contributed by atoms with Gasteiger partial charge in [-0.2, -0.15) is 4.98 Å². The number of pyridine rings is 2. The van der Waals surface area contributed by atoms with Crippen molar-refractivity contribution in [2.45, 2.75) is 44.8 Å². The number of hydrogen-bond acceptors (Lipinski definition) is 10. The van der Waals surface area contributed by atoms with Gasteiger partial charge >= 0.3 is 0 Å². The van der Waals surface area contributed by atoms with Crippen molar-refractivity contribution in [2.75, 3.05) is 43.4 Å². The summed E-state index contributed by atoms with van der Waals surface area (Å²) in [6, 6.07) is 11.0. The van der Waals surface area contributed by atoms with Crippen LogP contribution >= 0.6 is 0 Å². The van der Waals surface area contributed by atoms with E-state index in [1.165, 1.54) is 6.07 Å². The van der Waals surface area contributed by atoms with Gasteiger partial charge < -0.3 is 20.1 Å². The third-order valence-corrected chi connectivity index (χ3v) is 8.81. The summed E-state index contributed by atoms with van der Waals surface area (Å²) in [6.45, 7) is 5.52. The summed E-state index contributed by atoms with van der Waals surface area (Å²) in [6.07, 6.45) is 9.81. The van der Waals surface area contributed by atoms with Gasteiger partial charge in [-0.1, -0.05) is 11.6 Å². The van der Waals surface area contributed by atoms with E-state index in [9.17, 15) is 4.79 Å². The highest BCUT2D eigenvalue weighted by Gasteiger charge is 2.26. The fraction of sp³-hybridized carbons (Fsp3) is 0.364. The Morgan fingerprint density at radius 1 is 1.11 bits per heavy atom. The molecule has 11 nitrogen and oxygen atoms in total. The van der Waals surface area contributed by atoms with Gasteiger partial charge in [-0.3, -0.25) is 19.2 Å². The molecule has 5 aromatic rings. The summed E-state index contributed by atoms with van der Waals surface area (Å²) in [5.74, 6) is 0.518. The summed E-state index contributed by atoms with van der Waals surface area (Å²) in [7, 11) is 2.07. The molecule has 2 atom stereocenters. The Labute approximate surface area is 260 Å². The average molecular weight is 610 g/mol. The molecule has 45 heavy (non-hydrogen) atoms. The van der Waals surface area contributed by atoms with Crippen LogP contribution < -0.4 is 21.1 Å². The van der Waals surface area contributed by atoms with Crippen molar-refractivity contribution in [1.82, 2.24) is 34.9 Å². The molecule has 0 saturated carbocycles. The first-order chi connectivity index (χ1) is 21.9. The van der Waals surface area contributed by atoms with E-state index in [0.29, 0.717) is 22.8 Å². The zero-order valence-electron chi connectivity index (χ0n) is 25.4. The SMILES string of the molecule is CC1CN(c2ccc(Nc3ncc4cc(C5CCCCN5C)c(=O)n(Cc5cnoc5-c5ccncc5)c4n3)cc2F)CCN1. The van der Waals surface area contributed by atoms with Gasteiger partial charge in [0.1, 0.15) is 11.5 Å². The van der Waals surface area contributed by atoms with E-state index in [1.807, 2.05) is 24.3 Å². The Balaban J connectivity index is 1.26. The Morgan fingerprint density at radius 2 is 1.98 bits per heavy atom. The number of fused-ring (bicyclic) bond motifs is 1. The van der Waals surface area contributed by atoms with Crippen LogP contribution in [-0.2, 0) is 6.54 Å². The maximum absolute atomic E-state index is 15.3. The van der Waals surface area contributed by atoms with Crippen LogP contribution in [0.2, 0.25) is 0 Å². The molecule has 6 heterocycles. The first kappa shape index (κ1) is 29.1. The van der Waals surface area contributed by atoms with Crippen LogP contribution in [0.15, 0.2) is 70.5 Å². The van der Waals surface area contributed by atoms with Crippen molar-refractivity contribution in [1.29, 1.82) is 0 Å². The normalized spacial score (nSPS) is 19.2. The van der Waals surface area contributed by atoms with E-state index in [4.69, 9.17) is 9.51 Å². The van der Waals surface area contributed by atoms with Crippen LogP contribution in [-0.4, -0.2) is 68.8 Å². The van der Waals surface area contributed by atoms with Gasteiger partial charge in [-0.25, -0.2) is 9.37 Å².